The minimum absolute atomic E-state index is 0.124. The summed E-state index contributed by atoms with van der Waals surface area (Å²) >= 11 is 6.56. The molecule has 2 aliphatic heterocycles. The second-order valence-corrected chi connectivity index (χ2v) is 14.4. The number of rotatable bonds is 19. The van der Waals surface area contributed by atoms with Gasteiger partial charge in [-0.3, -0.25) is 9.59 Å². The molecule has 0 radical (unpaired) electrons. The number of benzene rings is 3. The molecule has 2 aliphatic rings. The number of aliphatic hydroxyl groups excluding tert-OH is 1. The number of likely N-dealkylation sites (N-methyl/N-ethyl adjacent to an activating group) is 2. The number of anilines is 1. The SMILES string of the molecule is Cc1cccc2c(OC(=O)N(C)CCOCCOCCOCCN3C(=O)C=CC3O)cc3c(c12)[C@H](CCl)CN3C(=O)c1cc2cc(OCCN(C)C)ccc2[nH]1. The van der Waals surface area contributed by atoms with Gasteiger partial charge in [0.15, 0.2) is 0 Å². The normalized spacial score (nSPS) is 16.4. The number of ether oxygens (including phenoxy) is 5. The maximum atomic E-state index is 14.2. The van der Waals surface area contributed by atoms with Gasteiger partial charge in [0.1, 0.15) is 30.0 Å². The van der Waals surface area contributed by atoms with Gasteiger partial charge in [0.05, 0.1) is 45.3 Å². The van der Waals surface area contributed by atoms with Crippen molar-refractivity contribution in [2.24, 2.45) is 0 Å². The molecule has 0 aliphatic carbocycles. The summed E-state index contributed by atoms with van der Waals surface area (Å²) in [6, 6.07) is 15.2. The number of aliphatic hydroxyl groups is 1. The maximum absolute atomic E-state index is 14.2. The Bertz CT molecular complexity index is 2050. The van der Waals surface area contributed by atoms with Gasteiger partial charge in [0.25, 0.3) is 5.91 Å². The van der Waals surface area contributed by atoms with E-state index in [1.165, 1.54) is 22.0 Å². The number of aromatic nitrogens is 1. The maximum Gasteiger partial charge on any atom is 0.415 e. The van der Waals surface area contributed by atoms with Gasteiger partial charge in [0, 0.05) is 73.5 Å². The zero-order valence-electron chi connectivity index (χ0n) is 32.3. The van der Waals surface area contributed by atoms with Crippen molar-refractivity contribution in [3.63, 3.8) is 0 Å². The summed E-state index contributed by atoms with van der Waals surface area (Å²) in [5.41, 5.74) is 3.85. The Morgan fingerprint density at radius 3 is 2.41 bits per heavy atom. The first-order chi connectivity index (χ1) is 27.0. The van der Waals surface area contributed by atoms with Crippen LogP contribution in [0.1, 0.15) is 27.5 Å². The van der Waals surface area contributed by atoms with Gasteiger partial charge in [-0.25, -0.2) is 4.79 Å². The number of alkyl halides is 1. The van der Waals surface area contributed by atoms with Gasteiger partial charge in [0.2, 0.25) is 5.91 Å². The van der Waals surface area contributed by atoms with E-state index in [2.05, 4.69) is 9.88 Å². The van der Waals surface area contributed by atoms with Crippen LogP contribution in [0.25, 0.3) is 21.7 Å². The predicted octanol–water partition coefficient (Wildman–Crippen LogP) is 4.75. The molecule has 0 saturated heterocycles. The zero-order chi connectivity index (χ0) is 39.8. The van der Waals surface area contributed by atoms with Crippen LogP contribution in [0, 0.1) is 6.92 Å². The standard InChI is InChI=1S/C41H50ClN5O9/c1-27-6-5-7-31-35(56-41(51)45(4)13-15-52-18-20-54-21-19-53-16-14-46-36(48)10-11-37(46)49)24-34-39(38(27)31)29(25-42)26-47(34)40(50)33-23-28-22-30(8-9-32(28)43-33)55-17-12-44(2)3/h5-11,22-24,29,36,43,48H,12-21,25-26H2,1-4H3/t29-,36?/m1/s1. The molecule has 0 fully saturated rings. The summed E-state index contributed by atoms with van der Waals surface area (Å²) in [5, 5.41) is 12.3. The van der Waals surface area contributed by atoms with Crippen molar-refractivity contribution in [2.75, 3.05) is 104 Å². The molecule has 0 bridgehead atoms. The number of halogens is 1. The van der Waals surface area contributed by atoms with E-state index in [1.54, 1.807) is 18.0 Å². The molecular formula is C41H50ClN5O9. The first-order valence-corrected chi connectivity index (χ1v) is 19.3. The number of aromatic amines is 1. The quantitative estimate of drug-likeness (QED) is 0.101. The second kappa shape index (κ2) is 19.0. The number of carbonyl (C=O) groups excluding carboxylic acids is 3. The molecule has 3 heterocycles. The molecule has 4 aromatic rings. The first-order valence-electron chi connectivity index (χ1n) is 18.7. The number of nitrogens with one attached hydrogen (secondary N) is 1. The lowest BCUT2D eigenvalue weighted by atomic mass is 9.92. The van der Waals surface area contributed by atoms with Crippen molar-refractivity contribution in [1.29, 1.82) is 0 Å². The number of carbonyl (C=O) groups is 3. The fourth-order valence-corrected chi connectivity index (χ4v) is 7.06. The van der Waals surface area contributed by atoms with E-state index in [4.69, 9.17) is 35.3 Å². The molecular weight excluding hydrogens is 742 g/mol. The van der Waals surface area contributed by atoms with E-state index in [-0.39, 0.29) is 37.5 Å². The Hall–Kier alpha value is -4.70. The molecule has 1 aromatic heterocycles. The van der Waals surface area contributed by atoms with Crippen LogP contribution in [-0.2, 0) is 19.0 Å². The van der Waals surface area contributed by atoms with Crippen LogP contribution in [0.4, 0.5) is 10.5 Å². The van der Waals surface area contributed by atoms with Gasteiger partial charge in [-0.05, 0) is 67.9 Å². The van der Waals surface area contributed by atoms with Crippen molar-refractivity contribution in [1.82, 2.24) is 19.7 Å². The van der Waals surface area contributed by atoms with E-state index in [0.717, 1.165) is 45.1 Å². The Labute approximate surface area is 331 Å². The minimum Gasteiger partial charge on any atom is -0.492 e. The highest BCUT2D eigenvalue weighted by molar-refractivity contribution is 6.19. The number of hydrogen-bond acceptors (Lipinski definition) is 10. The van der Waals surface area contributed by atoms with Crippen molar-refractivity contribution in [3.05, 3.63) is 77.5 Å². The number of nitrogens with zero attached hydrogens (tertiary/aromatic N) is 4. The first kappa shape index (κ1) is 40.9. The smallest absolute Gasteiger partial charge is 0.415 e. The highest BCUT2D eigenvalue weighted by Gasteiger charge is 2.36. The van der Waals surface area contributed by atoms with Crippen LogP contribution >= 0.6 is 11.6 Å². The zero-order valence-corrected chi connectivity index (χ0v) is 33.0. The number of H-pyrrole nitrogens is 1. The third-order valence-corrected chi connectivity index (χ3v) is 10.2. The monoisotopic (exact) mass is 791 g/mol. The van der Waals surface area contributed by atoms with Gasteiger partial charge in [-0.2, -0.15) is 0 Å². The molecule has 6 rings (SSSR count). The fraction of sp³-hybridized carbons (Fsp3) is 0.439. The van der Waals surface area contributed by atoms with Crippen LogP contribution in [0.5, 0.6) is 11.5 Å². The van der Waals surface area contributed by atoms with Crippen LogP contribution in [-0.4, -0.2) is 148 Å². The third kappa shape index (κ3) is 9.63. The summed E-state index contributed by atoms with van der Waals surface area (Å²) in [6.07, 6.45) is 1.31. The predicted molar refractivity (Wildman–Crippen MR) is 214 cm³/mol. The Kier molecular flexibility index (Phi) is 13.9. The Balaban J connectivity index is 1.04. The fourth-order valence-electron chi connectivity index (χ4n) is 6.81. The summed E-state index contributed by atoms with van der Waals surface area (Å²) in [5.74, 6) is 0.817. The largest absolute Gasteiger partial charge is 0.492 e. The Morgan fingerprint density at radius 2 is 1.70 bits per heavy atom. The molecule has 2 atom stereocenters. The van der Waals surface area contributed by atoms with Crippen LogP contribution in [0.15, 0.2) is 60.7 Å². The van der Waals surface area contributed by atoms with E-state index in [9.17, 15) is 19.5 Å². The summed E-state index contributed by atoms with van der Waals surface area (Å²) < 4.78 is 28.6. The van der Waals surface area contributed by atoms with Gasteiger partial charge in [-0.1, -0.05) is 18.2 Å². The second-order valence-electron chi connectivity index (χ2n) is 14.1. The minimum atomic E-state index is -0.900. The average Bonchev–Trinajstić information content (AvgIpc) is 3.87. The molecule has 15 heteroatoms. The van der Waals surface area contributed by atoms with E-state index in [1.807, 2.05) is 63.5 Å². The average molecular weight is 792 g/mol. The summed E-state index contributed by atoms with van der Waals surface area (Å²) in [7, 11) is 5.62. The molecule has 300 valence electrons. The van der Waals surface area contributed by atoms with Gasteiger partial charge < -0.3 is 53.4 Å². The number of aryl methyl sites for hydroxylation is 1. The van der Waals surface area contributed by atoms with E-state index >= 15 is 0 Å². The molecule has 14 nitrogen and oxygen atoms in total. The Morgan fingerprint density at radius 1 is 0.946 bits per heavy atom. The topological polar surface area (TPSA) is 146 Å². The van der Waals surface area contributed by atoms with Crippen molar-refractivity contribution < 1.29 is 43.2 Å². The molecule has 0 spiro atoms. The number of amides is 3. The molecule has 56 heavy (non-hydrogen) atoms. The van der Waals surface area contributed by atoms with Crippen LogP contribution < -0.4 is 14.4 Å². The van der Waals surface area contributed by atoms with Gasteiger partial charge >= 0.3 is 6.09 Å². The molecule has 2 N–H and O–H groups in total. The highest BCUT2D eigenvalue weighted by atomic mass is 35.5. The summed E-state index contributed by atoms with van der Waals surface area (Å²) in [6.45, 7) is 6.21. The van der Waals surface area contributed by atoms with Crippen molar-refractivity contribution >= 4 is 56.9 Å². The molecule has 3 amide bonds. The lowest BCUT2D eigenvalue weighted by molar-refractivity contribution is -0.131. The molecule has 0 saturated carbocycles. The van der Waals surface area contributed by atoms with Crippen molar-refractivity contribution in [3.8, 4) is 11.5 Å². The van der Waals surface area contributed by atoms with Gasteiger partial charge in [-0.15, -0.1) is 11.6 Å². The van der Waals surface area contributed by atoms with E-state index in [0.29, 0.717) is 69.1 Å². The lowest BCUT2D eigenvalue weighted by Crippen LogP contribution is -2.36. The van der Waals surface area contributed by atoms with Crippen molar-refractivity contribution in [2.45, 2.75) is 19.1 Å². The number of fused-ring (bicyclic) bond motifs is 4. The third-order valence-electron chi connectivity index (χ3n) is 9.83. The highest BCUT2D eigenvalue weighted by Crippen LogP contribution is 2.47. The summed E-state index contributed by atoms with van der Waals surface area (Å²) in [4.78, 5) is 49.0. The van der Waals surface area contributed by atoms with Crippen LogP contribution in [0.2, 0.25) is 0 Å². The molecule has 3 aromatic carbocycles. The number of hydrogen-bond donors (Lipinski definition) is 2. The van der Waals surface area contributed by atoms with Crippen LogP contribution in [0.3, 0.4) is 0 Å². The van der Waals surface area contributed by atoms with E-state index < -0.39 is 12.3 Å². The molecule has 1 unspecified atom stereocenters. The lowest BCUT2D eigenvalue weighted by Gasteiger charge is -2.21.